The topological polar surface area (TPSA) is 17.1 Å². The summed E-state index contributed by atoms with van der Waals surface area (Å²) in [6.07, 6.45) is -8.20. The van der Waals surface area contributed by atoms with Crippen LogP contribution >= 0.6 is 0 Å². The Morgan fingerprint density at radius 1 is 0.422 bits per heavy atom. The fourth-order valence-corrected chi connectivity index (χ4v) is 3.55. The van der Waals surface area contributed by atoms with E-state index < -0.39 is 105 Å². The fourth-order valence-electron chi connectivity index (χ4n) is 3.55. The van der Waals surface area contributed by atoms with E-state index in [0.717, 1.165) is 0 Å². The molecule has 260 valence electrons. The summed E-state index contributed by atoms with van der Waals surface area (Å²) in [5, 5.41) is 0. The third-order valence-electron chi connectivity index (χ3n) is 6.10. The number of carbonyl (C=O) groups excluding carboxylic acids is 1. The van der Waals surface area contributed by atoms with E-state index in [0.29, 0.717) is 0 Å². The molecule has 0 heterocycles. The van der Waals surface area contributed by atoms with Gasteiger partial charge in [-0.25, -0.2) is 22.0 Å². The van der Waals surface area contributed by atoms with Crippen LogP contribution in [0, 0.1) is 23.3 Å². The summed E-state index contributed by atoms with van der Waals surface area (Å²) >= 11 is 0. The van der Waals surface area contributed by atoms with Crippen molar-refractivity contribution >= 4 is 5.78 Å². The van der Waals surface area contributed by atoms with E-state index in [-0.39, 0.29) is 0 Å². The molecule has 1 aromatic rings. The second kappa shape index (κ2) is 9.33. The number of benzene rings is 1. The molecule has 0 fully saturated rings. The zero-order valence-corrected chi connectivity index (χ0v) is 19.2. The van der Waals surface area contributed by atoms with Crippen molar-refractivity contribution in [2.75, 3.05) is 0 Å². The summed E-state index contributed by atoms with van der Waals surface area (Å²) in [4.78, 5) is 11.9. The van der Waals surface area contributed by atoms with Gasteiger partial charge in [-0.1, -0.05) is 0 Å². The van der Waals surface area contributed by atoms with Crippen molar-refractivity contribution in [1.82, 2.24) is 0 Å². The molecule has 1 unspecified atom stereocenters. The Morgan fingerprint density at radius 3 is 1.09 bits per heavy atom. The number of Topliss-reactive ketones (excluding diaryl/α,β-unsaturated/α-hetero) is 1. The molecule has 45 heavy (non-hydrogen) atoms. The molecule has 0 spiro atoms. The molecule has 0 radical (unpaired) electrons. The van der Waals surface area contributed by atoms with E-state index in [1.54, 1.807) is 0 Å². The van der Waals surface area contributed by atoms with E-state index in [9.17, 15) is 115 Å². The molecule has 1 atom stereocenters. The molecule has 0 amide bonds. The van der Waals surface area contributed by atoms with Gasteiger partial charge in [0.15, 0.2) is 23.3 Å². The zero-order valence-electron chi connectivity index (χ0n) is 19.2. The van der Waals surface area contributed by atoms with Crippen LogP contribution in [0.3, 0.4) is 0 Å². The van der Waals surface area contributed by atoms with Crippen LogP contribution in [0.25, 0.3) is 0 Å². The van der Waals surface area contributed by atoms with Gasteiger partial charge < -0.3 is 0 Å². The Balaban J connectivity index is 3.01. The van der Waals surface area contributed by atoms with Crippen LogP contribution in [0.1, 0.15) is 15.9 Å². The van der Waals surface area contributed by atoms with Crippen molar-refractivity contribution < 1.29 is 119 Å². The number of fused-ring (bicyclic) bond motifs is 1. The Hall–Kier alpha value is -2.93. The molecule has 0 aromatic heterocycles. The number of ketones is 1. The molecule has 0 aliphatic heterocycles. The SMILES string of the molecule is O=C1c2c(F)c(F)c(F)c(F)c2C(F)(F)C(F)(F)C1(F)C(F)(F)C(F)(F)C(F)(F)C(F)(F)C(F)(F)C(F)(F)C(F)(F)C(F)(F)F. The third-order valence-corrected chi connectivity index (χ3v) is 6.10. The summed E-state index contributed by atoms with van der Waals surface area (Å²) in [5.41, 5.74) is -16.6. The average Bonchev–Trinajstić information content (AvgIpc) is 2.85. The van der Waals surface area contributed by atoms with Crippen LogP contribution in [-0.2, 0) is 5.92 Å². The largest absolute Gasteiger partial charge is 0.460 e. The van der Waals surface area contributed by atoms with Gasteiger partial charge in [-0.15, -0.1) is 0 Å². The van der Waals surface area contributed by atoms with Gasteiger partial charge in [0.05, 0.1) is 11.1 Å². The minimum atomic E-state index is -9.62. The maximum atomic E-state index is 15.0. The molecule has 0 N–H and O–H groups in total. The second-order valence-electron chi connectivity index (χ2n) is 8.66. The van der Waals surface area contributed by atoms with Crippen LogP contribution in [0.2, 0.25) is 0 Å². The summed E-state index contributed by atoms with van der Waals surface area (Å²) in [7, 11) is 0. The molecule has 0 bridgehead atoms. The lowest BCUT2D eigenvalue weighted by atomic mass is 9.69. The minimum Gasteiger partial charge on any atom is -0.290 e. The van der Waals surface area contributed by atoms with E-state index in [1.807, 2.05) is 0 Å². The molecule has 27 heteroatoms. The van der Waals surface area contributed by atoms with Crippen molar-refractivity contribution in [1.29, 1.82) is 0 Å². The summed E-state index contributed by atoms with van der Waals surface area (Å²) in [6, 6.07) is 0. The van der Waals surface area contributed by atoms with Crippen molar-refractivity contribution in [2.24, 2.45) is 0 Å². The molecular formula is C18F26O. The molecule has 0 saturated heterocycles. The summed E-state index contributed by atoms with van der Waals surface area (Å²) < 4.78 is 355. The van der Waals surface area contributed by atoms with E-state index in [1.165, 1.54) is 0 Å². The lowest BCUT2D eigenvalue weighted by molar-refractivity contribution is -0.469. The lowest BCUT2D eigenvalue weighted by Crippen LogP contribution is -2.80. The Bertz CT molecular complexity index is 1400. The standard InChI is InChI=1S/C18F26O/c19-3-1-2(4(20)6(22)5(3)21)9(24,25)10(26,27)8(23,7(1)45)11(28,29)12(30,31)13(32,33)14(34,35)15(36,37)16(38,39)17(40,41)18(42,43)44. The molecule has 2 rings (SSSR count). The van der Waals surface area contributed by atoms with Gasteiger partial charge in [0.25, 0.3) is 0 Å². The highest BCUT2D eigenvalue weighted by Gasteiger charge is 2.99. The number of hydrogen-bond donors (Lipinski definition) is 0. The number of halogens is 26. The van der Waals surface area contributed by atoms with Gasteiger partial charge in [0, 0.05) is 0 Å². The molecule has 1 aliphatic rings. The minimum absolute atomic E-state index is 3.66. The normalized spacial score (nSPS) is 22.0. The van der Waals surface area contributed by atoms with Crippen LogP contribution < -0.4 is 0 Å². The first-order valence-corrected chi connectivity index (χ1v) is 9.87. The Kier molecular flexibility index (Phi) is 7.93. The molecule has 1 aliphatic carbocycles. The van der Waals surface area contributed by atoms with Gasteiger partial charge in [-0.05, 0) is 0 Å². The second-order valence-corrected chi connectivity index (χ2v) is 8.66. The van der Waals surface area contributed by atoms with Gasteiger partial charge in [-0.3, -0.25) is 4.79 Å². The van der Waals surface area contributed by atoms with Crippen LogP contribution in [-0.4, -0.2) is 65.0 Å². The highest BCUT2D eigenvalue weighted by molar-refractivity contribution is 6.07. The van der Waals surface area contributed by atoms with Gasteiger partial charge in [0.1, 0.15) is 0 Å². The monoisotopic (exact) mass is 726 g/mol. The van der Waals surface area contributed by atoms with Gasteiger partial charge in [0.2, 0.25) is 5.78 Å². The van der Waals surface area contributed by atoms with E-state index in [2.05, 4.69) is 0 Å². The van der Waals surface area contributed by atoms with Crippen LogP contribution in [0.15, 0.2) is 0 Å². The fraction of sp³-hybridized carbons (Fsp3) is 0.611. The smallest absolute Gasteiger partial charge is 0.290 e. The maximum absolute atomic E-state index is 15.0. The zero-order chi connectivity index (χ0) is 36.5. The number of alkyl halides is 22. The highest BCUT2D eigenvalue weighted by atomic mass is 19.4. The first-order valence-electron chi connectivity index (χ1n) is 9.87. The number of hydrogen-bond acceptors (Lipinski definition) is 1. The van der Waals surface area contributed by atoms with Crippen molar-refractivity contribution in [3.05, 3.63) is 34.4 Å². The van der Waals surface area contributed by atoms with Gasteiger partial charge in [-0.2, -0.15) is 92.2 Å². The maximum Gasteiger partial charge on any atom is 0.460 e. The molecule has 0 saturated carbocycles. The third kappa shape index (κ3) is 3.88. The first-order chi connectivity index (χ1) is 19.3. The van der Waals surface area contributed by atoms with Crippen LogP contribution in [0.4, 0.5) is 114 Å². The highest BCUT2D eigenvalue weighted by Crippen LogP contribution is 2.69. The van der Waals surface area contributed by atoms with Crippen LogP contribution in [0.5, 0.6) is 0 Å². The number of rotatable bonds is 7. The molecule has 1 nitrogen and oxygen atoms in total. The quantitative estimate of drug-likeness (QED) is 0.156. The van der Waals surface area contributed by atoms with Crippen molar-refractivity contribution in [2.45, 2.75) is 65.1 Å². The summed E-state index contributed by atoms with van der Waals surface area (Å²) in [6.45, 7) is 0. The predicted molar refractivity (Wildman–Crippen MR) is 84.0 cm³/mol. The first kappa shape index (κ1) is 38.3. The van der Waals surface area contributed by atoms with Crippen molar-refractivity contribution in [3.63, 3.8) is 0 Å². The predicted octanol–water partition coefficient (Wildman–Crippen LogP) is 8.88. The van der Waals surface area contributed by atoms with Crippen molar-refractivity contribution in [3.8, 4) is 0 Å². The number of carbonyl (C=O) groups is 1. The average molecular weight is 726 g/mol. The molecular weight excluding hydrogens is 726 g/mol. The Labute approximate surface area is 225 Å². The lowest BCUT2D eigenvalue weighted by Gasteiger charge is -2.48. The van der Waals surface area contributed by atoms with E-state index >= 15 is 4.39 Å². The van der Waals surface area contributed by atoms with Gasteiger partial charge >= 0.3 is 65.1 Å². The Morgan fingerprint density at radius 2 is 0.733 bits per heavy atom. The molecule has 1 aromatic carbocycles. The summed E-state index contributed by atoms with van der Waals surface area (Å²) in [5.74, 6) is -102. The van der Waals surface area contributed by atoms with E-state index in [4.69, 9.17) is 0 Å².